The van der Waals surface area contributed by atoms with E-state index in [1.165, 1.54) is 11.8 Å². The molecule has 2 aliphatic rings. The van der Waals surface area contributed by atoms with Crippen LogP contribution in [0.5, 0.6) is 0 Å². The molecular weight excluding hydrogens is 569 g/mol. The largest absolute Gasteiger partial charge is 0.384 e. The van der Waals surface area contributed by atoms with Gasteiger partial charge in [0.25, 0.3) is 5.91 Å². The van der Waals surface area contributed by atoms with E-state index in [0.717, 1.165) is 23.8 Å². The second-order valence-electron chi connectivity index (χ2n) is 11.3. The molecule has 12 heteroatoms. The van der Waals surface area contributed by atoms with Gasteiger partial charge in [0.15, 0.2) is 0 Å². The number of rotatable bonds is 9. The van der Waals surface area contributed by atoms with Crippen LogP contribution in [0.1, 0.15) is 37.2 Å². The lowest BCUT2D eigenvalue weighted by molar-refractivity contribution is -0.144. The average Bonchev–Trinajstić information content (AvgIpc) is 3.56. The summed E-state index contributed by atoms with van der Waals surface area (Å²) in [6.45, 7) is 2.04. The topological polar surface area (TPSA) is 105 Å². The molecule has 2 fully saturated rings. The lowest BCUT2D eigenvalue weighted by atomic mass is 9.90. The molecule has 2 aromatic carbocycles. The Morgan fingerprint density at radius 3 is 2.50 bits per heavy atom. The summed E-state index contributed by atoms with van der Waals surface area (Å²) in [6, 6.07) is 11.6. The second-order valence-corrected chi connectivity index (χ2v) is 13.6. The van der Waals surface area contributed by atoms with Crippen molar-refractivity contribution < 1.29 is 31.5 Å². The van der Waals surface area contributed by atoms with E-state index in [1.54, 1.807) is 10.8 Å². The summed E-state index contributed by atoms with van der Waals surface area (Å²) in [7, 11) is -3.27. The minimum atomic E-state index is -3.27. The minimum Gasteiger partial charge on any atom is -0.384 e. The van der Waals surface area contributed by atoms with E-state index in [-0.39, 0.29) is 55.2 Å². The Morgan fingerprint density at radius 1 is 1.14 bits per heavy atom. The maximum atomic E-state index is 14.9. The first kappa shape index (κ1) is 30.2. The van der Waals surface area contributed by atoms with Gasteiger partial charge in [0.2, 0.25) is 0 Å². The number of hydrogen-bond donors (Lipinski definition) is 2. The molecule has 0 radical (unpaired) electrons. The third-order valence-electron chi connectivity index (χ3n) is 8.18. The third-order valence-corrected chi connectivity index (χ3v) is 9.90. The number of alkyl halides is 1. The van der Waals surface area contributed by atoms with Crippen molar-refractivity contribution in [1.29, 1.82) is 0 Å². The van der Waals surface area contributed by atoms with Gasteiger partial charge in [-0.1, -0.05) is 30.3 Å². The molecule has 2 aliphatic heterocycles. The number of nitrogens with one attached hydrogen (secondary N) is 1. The molecule has 2 N–H and O–H groups in total. The van der Waals surface area contributed by atoms with Gasteiger partial charge in [0.1, 0.15) is 39.6 Å². The Bertz CT molecular complexity index is 1500. The zero-order valence-electron chi connectivity index (χ0n) is 23.3. The fourth-order valence-electron chi connectivity index (χ4n) is 5.94. The van der Waals surface area contributed by atoms with Gasteiger partial charge < -0.3 is 19.9 Å². The number of halogens is 3. The molecule has 1 amide bonds. The van der Waals surface area contributed by atoms with Crippen LogP contribution in [0.3, 0.4) is 0 Å². The molecule has 0 saturated carbocycles. The Labute approximate surface area is 243 Å². The number of aliphatic hydroxyl groups excluding tert-OH is 1. The number of aromatic nitrogens is 2. The van der Waals surface area contributed by atoms with Crippen LogP contribution in [0.2, 0.25) is 0 Å². The number of sulfone groups is 1. The summed E-state index contributed by atoms with van der Waals surface area (Å²) in [5.41, 5.74) is 0.955. The summed E-state index contributed by atoms with van der Waals surface area (Å²) in [5.74, 6) is -2.77. The summed E-state index contributed by atoms with van der Waals surface area (Å²) < 4.78 is 70.5. The highest BCUT2D eigenvalue weighted by Gasteiger charge is 2.42. The fraction of sp³-hybridized carbons (Fsp3) is 0.467. The third kappa shape index (κ3) is 6.71. The Hall–Kier alpha value is -3.22. The van der Waals surface area contributed by atoms with Crippen molar-refractivity contribution in [1.82, 2.24) is 19.8 Å². The van der Waals surface area contributed by atoms with Gasteiger partial charge >= 0.3 is 0 Å². The van der Waals surface area contributed by atoms with Crippen molar-refractivity contribution in [3.05, 3.63) is 77.8 Å². The van der Waals surface area contributed by atoms with Gasteiger partial charge in [-0.25, -0.2) is 26.6 Å². The number of amides is 1. The number of carbonyl (C=O) groups excluding carboxylic acids is 1. The van der Waals surface area contributed by atoms with Crippen LogP contribution in [0.15, 0.2) is 54.7 Å². The first-order valence-corrected chi connectivity index (χ1v) is 15.9. The van der Waals surface area contributed by atoms with E-state index < -0.39 is 57.5 Å². The SMILES string of the molecule is C[C@H](O)C(=O)N(C[C@@H]1CNC[C@@H]1F)[C@H](c1nc(-c2cc(F)ccc2F)cn1Cc1ccccc1)C1CCS(=O)(=O)CC1. The summed E-state index contributed by atoms with van der Waals surface area (Å²) >= 11 is 0. The molecule has 5 rings (SSSR count). The van der Waals surface area contributed by atoms with Crippen LogP contribution in [-0.2, 0) is 21.2 Å². The highest BCUT2D eigenvalue weighted by Crippen LogP contribution is 2.39. The van der Waals surface area contributed by atoms with Crippen LogP contribution in [0, 0.1) is 23.5 Å². The Balaban J connectivity index is 1.67. The summed E-state index contributed by atoms with van der Waals surface area (Å²) in [4.78, 5) is 19.8. The van der Waals surface area contributed by atoms with Crippen molar-refractivity contribution in [3.63, 3.8) is 0 Å². The number of benzene rings is 2. The van der Waals surface area contributed by atoms with Crippen molar-refractivity contribution >= 4 is 15.7 Å². The van der Waals surface area contributed by atoms with Crippen molar-refractivity contribution in [2.75, 3.05) is 31.1 Å². The number of carbonyl (C=O) groups is 1. The first-order valence-electron chi connectivity index (χ1n) is 14.1. The van der Waals surface area contributed by atoms with Crippen LogP contribution < -0.4 is 5.32 Å². The van der Waals surface area contributed by atoms with Crippen molar-refractivity contribution in [2.24, 2.45) is 11.8 Å². The molecule has 0 aliphatic carbocycles. The molecule has 2 saturated heterocycles. The second kappa shape index (κ2) is 12.6. The lowest BCUT2D eigenvalue weighted by Crippen LogP contribution is -2.48. The number of hydrogen-bond acceptors (Lipinski definition) is 6. The molecule has 4 atom stereocenters. The van der Waals surface area contributed by atoms with E-state index in [4.69, 9.17) is 4.98 Å². The molecule has 8 nitrogen and oxygen atoms in total. The van der Waals surface area contributed by atoms with Gasteiger partial charge in [-0.2, -0.15) is 0 Å². The average molecular weight is 605 g/mol. The van der Waals surface area contributed by atoms with Gasteiger partial charge in [-0.15, -0.1) is 0 Å². The van der Waals surface area contributed by atoms with Gasteiger partial charge in [-0.3, -0.25) is 4.79 Å². The maximum Gasteiger partial charge on any atom is 0.251 e. The maximum absolute atomic E-state index is 14.9. The van der Waals surface area contributed by atoms with E-state index in [1.807, 2.05) is 30.3 Å². The number of aliphatic hydroxyl groups is 1. The number of imidazole rings is 1. The first-order chi connectivity index (χ1) is 20.0. The highest BCUT2D eigenvalue weighted by atomic mass is 32.2. The minimum absolute atomic E-state index is 0.0341. The number of nitrogens with zero attached hydrogens (tertiary/aromatic N) is 3. The predicted molar refractivity (Wildman–Crippen MR) is 152 cm³/mol. The monoisotopic (exact) mass is 604 g/mol. The van der Waals surface area contributed by atoms with Crippen LogP contribution in [0.4, 0.5) is 13.2 Å². The standard InChI is InChI=1S/C30H35F3N4O4S/c1-19(38)30(39)37(17-22-14-34-15-26(22)33)28(21-9-11-42(40,41)12-10-21)29-35-27(24-13-23(31)7-8-25(24)32)18-36(29)16-20-5-3-2-4-6-20/h2-8,13,18-19,21-22,26,28,34,38H,9-12,14-17H2,1H3/t19-,22-,26-,28-/m0/s1. The summed E-state index contributed by atoms with van der Waals surface area (Å²) in [6.07, 6.45) is -0.596. The van der Waals surface area contributed by atoms with Gasteiger partial charge in [-0.05, 0) is 49.4 Å². The Kier molecular flexibility index (Phi) is 9.05. The van der Waals surface area contributed by atoms with Crippen LogP contribution >= 0.6 is 0 Å². The van der Waals surface area contributed by atoms with Crippen molar-refractivity contribution in [2.45, 2.75) is 44.6 Å². The fourth-order valence-corrected chi connectivity index (χ4v) is 7.47. The van der Waals surface area contributed by atoms with Crippen LogP contribution in [0.25, 0.3) is 11.3 Å². The summed E-state index contributed by atoms with van der Waals surface area (Å²) in [5, 5.41) is 13.4. The molecule has 1 aromatic heterocycles. The molecule has 3 aromatic rings. The molecule has 0 unspecified atom stereocenters. The van der Waals surface area contributed by atoms with Gasteiger partial charge in [0, 0.05) is 43.9 Å². The van der Waals surface area contributed by atoms with Crippen molar-refractivity contribution in [3.8, 4) is 11.3 Å². The smallest absolute Gasteiger partial charge is 0.251 e. The molecular formula is C30H35F3N4O4S. The zero-order valence-corrected chi connectivity index (χ0v) is 24.1. The van der Waals surface area contributed by atoms with E-state index >= 15 is 0 Å². The van der Waals surface area contributed by atoms with E-state index in [2.05, 4.69) is 5.32 Å². The zero-order chi connectivity index (χ0) is 30.0. The molecule has 42 heavy (non-hydrogen) atoms. The van der Waals surface area contributed by atoms with Gasteiger partial charge in [0.05, 0.1) is 23.2 Å². The molecule has 3 heterocycles. The Morgan fingerprint density at radius 2 is 1.86 bits per heavy atom. The normalized spacial score (nSPS) is 22.1. The highest BCUT2D eigenvalue weighted by molar-refractivity contribution is 7.91. The van der Waals surface area contributed by atoms with E-state index in [9.17, 15) is 31.5 Å². The molecule has 226 valence electrons. The van der Waals surface area contributed by atoms with E-state index in [0.29, 0.717) is 12.4 Å². The van der Waals surface area contributed by atoms with Crippen LogP contribution in [-0.4, -0.2) is 77.3 Å². The lowest BCUT2D eigenvalue weighted by Gasteiger charge is -2.40. The molecule has 0 spiro atoms. The quantitative estimate of drug-likeness (QED) is 0.388. The molecule has 0 bridgehead atoms. The predicted octanol–water partition coefficient (Wildman–Crippen LogP) is 3.51.